The zero-order valence-corrected chi connectivity index (χ0v) is 18.8. The van der Waals surface area contributed by atoms with Gasteiger partial charge in [-0.3, -0.25) is 9.69 Å². The van der Waals surface area contributed by atoms with Gasteiger partial charge in [0.1, 0.15) is 12.4 Å². The summed E-state index contributed by atoms with van der Waals surface area (Å²) in [4.78, 5) is 22.8. The van der Waals surface area contributed by atoms with E-state index in [1.54, 1.807) is 12.1 Å². The number of halogens is 3. The van der Waals surface area contributed by atoms with Crippen LogP contribution in [0.1, 0.15) is 39.2 Å². The van der Waals surface area contributed by atoms with Gasteiger partial charge >= 0.3 is 6.36 Å². The Morgan fingerprint density at radius 3 is 2.38 bits per heavy atom. The highest BCUT2D eigenvalue weighted by Crippen LogP contribution is 2.31. The fourth-order valence-electron chi connectivity index (χ4n) is 4.39. The lowest BCUT2D eigenvalue weighted by Crippen LogP contribution is -2.62. The number of hydrogen-bond acceptors (Lipinski definition) is 5. The lowest BCUT2D eigenvalue weighted by molar-refractivity contribution is -0.274. The van der Waals surface area contributed by atoms with Gasteiger partial charge in [0.2, 0.25) is 6.41 Å². The van der Waals surface area contributed by atoms with Crippen molar-refractivity contribution in [1.29, 1.82) is 0 Å². The topological polar surface area (TPSA) is 57.6 Å². The largest absolute Gasteiger partial charge is 0.573 e. The minimum atomic E-state index is -4.73. The summed E-state index contributed by atoms with van der Waals surface area (Å²) in [5.74, 6) is 0.322. The predicted octanol–water partition coefficient (Wildman–Crippen LogP) is 3.30. The van der Waals surface area contributed by atoms with E-state index in [2.05, 4.69) is 33.5 Å². The molecule has 0 N–H and O–H groups in total. The SMILES string of the molecule is CCON=C(c1ccc(OC(F)(F)F)cc1)N1CCN(C2(C)CCN(C=O)CC2)CC1C. The van der Waals surface area contributed by atoms with E-state index >= 15 is 0 Å². The highest BCUT2D eigenvalue weighted by molar-refractivity contribution is 5.98. The van der Waals surface area contributed by atoms with Gasteiger partial charge in [0.25, 0.3) is 0 Å². The van der Waals surface area contributed by atoms with Crippen molar-refractivity contribution in [2.45, 2.75) is 51.6 Å². The van der Waals surface area contributed by atoms with E-state index in [9.17, 15) is 18.0 Å². The molecule has 0 radical (unpaired) electrons. The number of rotatable bonds is 6. The number of ether oxygens (including phenoxy) is 1. The van der Waals surface area contributed by atoms with Crippen LogP contribution in [0.3, 0.4) is 0 Å². The summed E-state index contributed by atoms with van der Waals surface area (Å²) in [6, 6.07) is 5.82. The summed E-state index contributed by atoms with van der Waals surface area (Å²) in [5.41, 5.74) is 0.701. The Labute approximate surface area is 186 Å². The summed E-state index contributed by atoms with van der Waals surface area (Å²) < 4.78 is 41.4. The number of amides is 1. The molecule has 1 amide bonds. The summed E-state index contributed by atoms with van der Waals surface area (Å²) in [7, 11) is 0. The molecule has 1 atom stereocenters. The number of benzene rings is 1. The Balaban J connectivity index is 1.72. The van der Waals surface area contributed by atoms with Crippen LogP contribution in [-0.2, 0) is 9.63 Å². The van der Waals surface area contributed by atoms with Crippen molar-refractivity contribution in [3.63, 3.8) is 0 Å². The van der Waals surface area contributed by atoms with E-state index in [0.29, 0.717) is 24.6 Å². The maximum absolute atomic E-state index is 12.5. The van der Waals surface area contributed by atoms with Crippen molar-refractivity contribution >= 4 is 12.2 Å². The molecule has 2 fully saturated rings. The number of hydrogen-bond donors (Lipinski definition) is 0. The van der Waals surface area contributed by atoms with Crippen molar-refractivity contribution in [1.82, 2.24) is 14.7 Å². The summed E-state index contributed by atoms with van der Waals surface area (Å²) >= 11 is 0. The van der Waals surface area contributed by atoms with Crippen molar-refractivity contribution in [2.24, 2.45) is 5.16 Å². The predicted molar refractivity (Wildman–Crippen MR) is 114 cm³/mol. The molecule has 178 valence electrons. The van der Waals surface area contributed by atoms with Crippen molar-refractivity contribution in [3.05, 3.63) is 29.8 Å². The van der Waals surface area contributed by atoms with Crippen LogP contribution in [0, 0.1) is 0 Å². The number of likely N-dealkylation sites (tertiary alicyclic amines) is 1. The van der Waals surface area contributed by atoms with E-state index in [-0.39, 0.29) is 17.3 Å². The summed E-state index contributed by atoms with van der Waals surface area (Å²) in [6.45, 7) is 10.5. The van der Waals surface area contributed by atoms with Crippen LogP contribution in [-0.4, -0.2) is 84.2 Å². The first-order valence-corrected chi connectivity index (χ1v) is 10.9. The van der Waals surface area contributed by atoms with Crippen LogP contribution in [0.5, 0.6) is 5.75 Å². The van der Waals surface area contributed by atoms with Gasteiger partial charge in [0.05, 0.1) is 0 Å². The fourth-order valence-corrected chi connectivity index (χ4v) is 4.39. The Hall–Kier alpha value is -2.49. The lowest BCUT2D eigenvalue weighted by atomic mass is 9.86. The molecule has 2 heterocycles. The highest BCUT2D eigenvalue weighted by Gasteiger charge is 2.39. The molecule has 1 aromatic carbocycles. The van der Waals surface area contributed by atoms with Gasteiger partial charge in [-0.15, -0.1) is 13.2 Å². The molecule has 0 spiro atoms. The summed E-state index contributed by atoms with van der Waals surface area (Å²) in [5, 5.41) is 4.28. The van der Waals surface area contributed by atoms with Crippen LogP contribution in [0.2, 0.25) is 0 Å². The number of amidine groups is 1. The number of carbonyl (C=O) groups is 1. The van der Waals surface area contributed by atoms with Gasteiger partial charge in [-0.25, -0.2) is 0 Å². The molecular weight excluding hydrogens is 425 g/mol. The van der Waals surface area contributed by atoms with Crippen molar-refractivity contribution in [3.8, 4) is 5.75 Å². The number of carbonyl (C=O) groups excluding carboxylic acids is 1. The maximum atomic E-state index is 12.5. The first kappa shape index (κ1) is 24.2. The van der Waals surface area contributed by atoms with Gasteiger partial charge in [-0.1, -0.05) is 5.16 Å². The second kappa shape index (κ2) is 9.97. The molecule has 0 aromatic heterocycles. The molecule has 3 rings (SSSR count). The van der Waals surface area contributed by atoms with Gasteiger partial charge in [-0.2, -0.15) is 0 Å². The minimum absolute atomic E-state index is 0.0354. The molecule has 0 saturated carbocycles. The van der Waals surface area contributed by atoms with E-state index < -0.39 is 6.36 Å². The van der Waals surface area contributed by atoms with Gasteiger partial charge in [0, 0.05) is 49.9 Å². The Bertz CT molecular complexity index is 793. The zero-order valence-electron chi connectivity index (χ0n) is 18.8. The molecule has 7 nitrogen and oxygen atoms in total. The average molecular weight is 457 g/mol. The van der Waals surface area contributed by atoms with Gasteiger partial charge < -0.3 is 19.4 Å². The number of piperidine rings is 1. The number of piperazine rings is 1. The molecular formula is C22H31F3N4O3. The molecule has 2 aliphatic rings. The quantitative estimate of drug-likeness (QED) is 0.285. The summed E-state index contributed by atoms with van der Waals surface area (Å²) in [6.07, 6.45) is -1.95. The van der Waals surface area contributed by atoms with Crippen LogP contribution in [0.4, 0.5) is 13.2 Å². The fraction of sp³-hybridized carbons (Fsp3) is 0.636. The standard InChI is InChI=1S/C22H31F3N4O3/c1-4-31-26-20(18-5-7-19(8-6-18)32-22(23,24)25)29-14-13-28(15-17(29)2)21(3)9-11-27(16-30)12-10-21/h5-8,16-17H,4,9-15H2,1-3H3. The highest BCUT2D eigenvalue weighted by atomic mass is 19.4. The van der Waals surface area contributed by atoms with E-state index in [4.69, 9.17) is 4.84 Å². The number of oxime groups is 1. The molecule has 1 aromatic rings. The molecule has 0 bridgehead atoms. The minimum Gasteiger partial charge on any atom is -0.406 e. The monoisotopic (exact) mass is 456 g/mol. The van der Waals surface area contributed by atoms with Crippen molar-refractivity contribution < 1.29 is 27.5 Å². The van der Waals surface area contributed by atoms with E-state index in [0.717, 1.165) is 45.4 Å². The second-order valence-electron chi connectivity index (χ2n) is 8.53. The molecule has 2 saturated heterocycles. The van der Waals surface area contributed by atoms with Gasteiger partial charge in [0.15, 0.2) is 5.84 Å². The molecule has 32 heavy (non-hydrogen) atoms. The van der Waals surface area contributed by atoms with E-state index in [1.807, 2.05) is 11.8 Å². The molecule has 2 aliphatic heterocycles. The zero-order chi connectivity index (χ0) is 23.4. The Morgan fingerprint density at radius 2 is 1.84 bits per heavy atom. The Morgan fingerprint density at radius 1 is 1.19 bits per heavy atom. The molecule has 1 unspecified atom stereocenters. The second-order valence-corrected chi connectivity index (χ2v) is 8.53. The lowest BCUT2D eigenvalue weighted by Gasteiger charge is -2.51. The number of alkyl halides is 3. The van der Waals surface area contributed by atoms with Crippen LogP contribution in [0.15, 0.2) is 29.4 Å². The van der Waals surface area contributed by atoms with Crippen LogP contribution < -0.4 is 4.74 Å². The first-order valence-electron chi connectivity index (χ1n) is 10.9. The number of nitrogens with zero attached hydrogens (tertiary/aromatic N) is 4. The average Bonchev–Trinajstić information content (AvgIpc) is 2.75. The third-order valence-corrected chi connectivity index (χ3v) is 6.31. The maximum Gasteiger partial charge on any atom is 0.573 e. The molecule has 10 heteroatoms. The van der Waals surface area contributed by atoms with Crippen LogP contribution >= 0.6 is 0 Å². The Kier molecular flexibility index (Phi) is 7.53. The van der Waals surface area contributed by atoms with Crippen LogP contribution in [0.25, 0.3) is 0 Å². The first-order chi connectivity index (χ1) is 15.1. The normalized spacial score (nSPS) is 22.6. The van der Waals surface area contributed by atoms with E-state index in [1.165, 1.54) is 12.1 Å². The van der Waals surface area contributed by atoms with Gasteiger partial charge in [-0.05, 0) is 57.9 Å². The smallest absolute Gasteiger partial charge is 0.406 e. The third kappa shape index (κ3) is 5.85. The molecule has 0 aliphatic carbocycles. The van der Waals surface area contributed by atoms with Crippen molar-refractivity contribution in [2.75, 3.05) is 39.3 Å². The third-order valence-electron chi connectivity index (χ3n) is 6.31.